The fraction of sp³-hybridized carbons (Fsp3) is 0.500. The third kappa shape index (κ3) is 3.49. The van der Waals surface area contributed by atoms with E-state index in [0.717, 1.165) is 19.0 Å². The molecule has 1 aromatic carbocycles. The van der Waals surface area contributed by atoms with Crippen molar-refractivity contribution in [2.24, 2.45) is 0 Å². The van der Waals surface area contributed by atoms with Crippen molar-refractivity contribution in [3.05, 3.63) is 28.3 Å². The molecule has 1 aliphatic heterocycles. The van der Waals surface area contributed by atoms with Gasteiger partial charge in [0.15, 0.2) is 0 Å². The predicted molar refractivity (Wildman–Crippen MR) is 78.9 cm³/mol. The third-order valence-corrected chi connectivity index (χ3v) is 5.01. The van der Waals surface area contributed by atoms with Gasteiger partial charge in [-0.1, -0.05) is 0 Å². The lowest BCUT2D eigenvalue weighted by molar-refractivity contribution is -0.385. The minimum Gasteiger partial charge on any atom is -0.387 e. The van der Waals surface area contributed by atoms with Gasteiger partial charge in [-0.15, -0.1) is 0 Å². The van der Waals surface area contributed by atoms with Crippen LogP contribution in [0.15, 0.2) is 23.1 Å². The number of hydrogen-bond donors (Lipinski definition) is 2. The number of nitro benzene ring substituents is 1. The largest absolute Gasteiger partial charge is 0.387 e. The van der Waals surface area contributed by atoms with Crippen LogP contribution in [0.5, 0.6) is 0 Å². The Morgan fingerprint density at radius 2 is 2.14 bits per heavy atom. The van der Waals surface area contributed by atoms with Crippen molar-refractivity contribution >= 4 is 21.4 Å². The lowest BCUT2D eigenvalue weighted by Crippen LogP contribution is -2.36. The van der Waals surface area contributed by atoms with Gasteiger partial charge in [0.25, 0.3) is 5.69 Å². The molecule has 8 nitrogen and oxygen atoms in total. The van der Waals surface area contributed by atoms with E-state index in [1.807, 2.05) is 11.9 Å². The highest BCUT2D eigenvalue weighted by Crippen LogP contribution is 2.26. The van der Waals surface area contributed by atoms with Crippen molar-refractivity contribution in [1.29, 1.82) is 0 Å². The SMILES string of the molecule is CNc1ccc([N+](=O)[O-])cc1S(=O)(=O)NC1CCN(C)C1. The Hall–Kier alpha value is -1.71. The second kappa shape index (κ2) is 5.96. The molecular weight excluding hydrogens is 296 g/mol. The minimum absolute atomic E-state index is 0.103. The number of sulfonamides is 1. The predicted octanol–water partition coefficient (Wildman–Crippen LogP) is 0.619. The van der Waals surface area contributed by atoms with E-state index in [4.69, 9.17) is 0 Å². The highest BCUT2D eigenvalue weighted by molar-refractivity contribution is 7.89. The van der Waals surface area contributed by atoms with Crippen LogP contribution >= 0.6 is 0 Å². The highest BCUT2D eigenvalue weighted by atomic mass is 32.2. The van der Waals surface area contributed by atoms with Gasteiger partial charge in [0, 0.05) is 31.8 Å². The lowest BCUT2D eigenvalue weighted by Gasteiger charge is -2.15. The first kappa shape index (κ1) is 15.7. The second-order valence-electron chi connectivity index (χ2n) is 5.06. The van der Waals surface area contributed by atoms with Gasteiger partial charge in [-0.2, -0.15) is 0 Å². The number of anilines is 1. The molecule has 0 aliphatic carbocycles. The van der Waals surface area contributed by atoms with E-state index in [1.54, 1.807) is 7.05 Å². The summed E-state index contributed by atoms with van der Waals surface area (Å²) >= 11 is 0. The Morgan fingerprint density at radius 1 is 1.43 bits per heavy atom. The van der Waals surface area contributed by atoms with E-state index in [0.29, 0.717) is 12.2 Å². The zero-order chi connectivity index (χ0) is 15.6. The van der Waals surface area contributed by atoms with Crippen LogP contribution < -0.4 is 10.0 Å². The van der Waals surface area contributed by atoms with Gasteiger partial charge in [0.1, 0.15) is 4.90 Å². The van der Waals surface area contributed by atoms with E-state index in [-0.39, 0.29) is 16.6 Å². The smallest absolute Gasteiger partial charge is 0.270 e. The van der Waals surface area contributed by atoms with Crippen molar-refractivity contribution in [1.82, 2.24) is 9.62 Å². The summed E-state index contributed by atoms with van der Waals surface area (Å²) in [4.78, 5) is 12.1. The Labute approximate surface area is 123 Å². The molecule has 0 saturated carbocycles. The average Bonchev–Trinajstić information content (AvgIpc) is 2.82. The quantitative estimate of drug-likeness (QED) is 0.610. The van der Waals surface area contributed by atoms with Gasteiger partial charge >= 0.3 is 0 Å². The molecule has 2 rings (SSSR count). The molecule has 1 saturated heterocycles. The van der Waals surface area contributed by atoms with Gasteiger partial charge < -0.3 is 10.2 Å². The molecule has 1 aliphatic rings. The summed E-state index contributed by atoms with van der Waals surface area (Å²) in [6.45, 7) is 1.45. The molecule has 116 valence electrons. The molecule has 1 unspecified atom stereocenters. The maximum atomic E-state index is 12.5. The van der Waals surface area contributed by atoms with Crippen molar-refractivity contribution < 1.29 is 13.3 Å². The van der Waals surface area contributed by atoms with Gasteiger partial charge in [-0.3, -0.25) is 10.1 Å². The summed E-state index contributed by atoms with van der Waals surface area (Å²) in [7, 11) is -0.319. The van der Waals surface area contributed by atoms with Gasteiger partial charge in [-0.05, 0) is 26.1 Å². The van der Waals surface area contributed by atoms with Crippen LogP contribution in [0.1, 0.15) is 6.42 Å². The number of likely N-dealkylation sites (tertiary alicyclic amines) is 1. The molecule has 1 atom stereocenters. The van der Waals surface area contributed by atoms with Crippen molar-refractivity contribution in [2.45, 2.75) is 17.4 Å². The lowest BCUT2D eigenvalue weighted by atomic mass is 10.3. The summed E-state index contributed by atoms with van der Waals surface area (Å²) in [5, 5.41) is 13.6. The summed E-state index contributed by atoms with van der Waals surface area (Å²) in [6, 6.07) is 3.57. The summed E-state index contributed by atoms with van der Waals surface area (Å²) < 4.78 is 27.5. The number of non-ortho nitro benzene ring substituents is 1. The number of likely N-dealkylation sites (N-methyl/N-ethyl adjacent to an activating group) is 1. The standard InChI is InChI=1S/C12H18N4O4S/c1-13-11-4-3-10(16(17)18)7-12(11)21(19,20)14-9-5-6-15(2)8-9/h3-4,7,9,13-14H,5-6,8H2,1-2H3. The molecule has 0 radical (unpaired) electrons. The summed E-state index contributed by atoms with van der Waals surface area (Å²) in [5.41, 5.74) is 0.0809. The van der Waals surface area contributed by atoms with Crippen LogP contribution in [-0.4, -0.2) is 51.5 Å². The molecule has 1 heterocycles. The maximum Gasteiger partial charge on any atom is 0.270 e. The molecule has 1 aromatic rings. The van der Waals surface area contributed by atoms with E-state index in [1.165, 1.54) is 12.1 Å². The first-order valence-electron chi connectivity index (χ1n) is 6.50. The zero-order valence-corrected chi connectivity index (χ0v) is 12.7. The van der Waals surface area contributed by atoms with Crippen LogP contribution in [0.4, 0.5) is 11.4 Å². The fourth-order valence-corrected chi connectivity index (χ4v) is 3.86. The van der Waals surface area contributed by atoms with E-state index < -0.39 is 14.9 Å². The van der Waals surface area contributed by atoms with Crippen LogP contribution in [-0.2, 0) is 10.0 Å². The van der Waals surface area contributed by atoms with E-state index in [2.05, 4.69) is 10.0 Å². The van der Waals surface area contributed by atoms with Crippen LogP contribution in [0.3, 0.4) is 0 Å². The number of benzene rings is 1. The summed E-state index contributed by atoms with van der Waals surface area (Å²) in [5.74, 6) is 0. The molecule has 9 heteroatoms. The fourth-order valence-electron chi connectivity index (χ4n) is 2.37. The van der Waals surface area contributed by atoms with Gasteiger partial charge in [-0.25, -0.2) is 13.1 Å². The van der Waals surface area contributed by atoms with Gasteiger partial charge in [0.2, 0.25) is 10.0 Å². The van der Waals surface area contributed by atoms with E-state index in [9.17, 15) is 18.5 Å². The Kier molecular flexibility index (Phi) is 4.45. The topological polar surface area (TPSA) is 105 Å². The highest BCUT2D eigenvalue weighted by Gasteiger charge is 2.28. The average molecular weight is 314 g/mol. The maximum absolute atomic E-state index is 12.5. The van der Waals surface area contributed by atoms with Crippen LogP contribution in [0, 0.1) is 10.1 Å². The first-order chi connectivity index (χ1) is 9.83. The minimum atomic E-state index is -3.81. The molecular formula is C12H18N4O4S. The van der Waals surface area contributed by atoms with Crippen molar-refractivity contribution in [2.75, 3.05) is 32.5 Å². The second-order valence-corrected chi connectivity index (χ2v) is 6.74. The molecule has 0 amide bonds. The Balaban J connectivity index is 2.33. The molecule has 2 N–H and O–H groups in total. The number of hydrogen-bond acceptors (Lipinski definition) is 6. The number of nitro groups is 1. The zero-order valence-electron chi connectivity index (χ0n) is 11.9. The number of nitrogens with one attached hydrogen (secondary N) is 2. The van der Waals surface area contributed by atoms with Gasteiger partial charge in [0.05, 0.1) is 10.6 Å². The van der Waals surface area contributed by atoms with Crippen LogP contribution in [0.2, 0.25) is 0 Å². The van der Waals surface area contributed by atoms with E-state index >= 15 is 0 Å². The summed E-state index contributed by atoms with van der Waals surface area (Å²) in [6.07, 6.45) is 0.722. The molecule has 0 aromatic heterocycles. The molecule has 1 fully saturated rings. The Morgan fingerprint density at radius 3 is 2.67 bits per heavy atom. The van der Waals surface area contributed by atoms with Crippen LogP contribution in [0.25, 0.3) is 0 Å². The third-order valence-electron chi connectivity index (χ3n) is 3.45. The monoisotopic (exact) mass is 314 g/mol. The van der Waals surface area contributed by atoms with Crippen molar-refractivity contribution in [3.63, 3.8) is 0 Å². The molecule has 0 bridgehead atoms. The Bertz CT molecular complexity index is 647. The first-order valence-corrected chi connectivity index (χ1v) is 7.99. The molecule has 0 spiro atoms. The number of nitrogens with zero attached hydrogens (tertiary/aromatic N) is 2. The normalized spacial score (nSPS) is 19.6. The molecule has 21 heavy (non-hydrogen) atoms. The van der Waals surface area contributed by atoms with Crippen molar-refractivity contribution in [3.8, 4) is 0 Å². The number of rotatable bonds is 5.